The van der Waals surface area contributed by atoms with Gasteiger partial charge in [0, 0.05) is 17.8 Å². The molecule has 0 unspecified atom stereocenters. The Morgan fingerprint density at radius 3 is 2.60 bits per heavy atom. The van der Waals surface area contributed by atoms with E-state index in [1.165, 1.54) is 0 Å². The molecule has 0 bridgehead atoms. The summed E-state index contributed by atoms with van der Waals surface area (Å²) in [6, 6.07) is 5.03. The van der Waals surface area contributed by atoms with Crippen molar-refractivity contribution < 1.29 is 9.53 Å². The number of amides is 2. The van der Waals surface area contributed by atoms with Gasteiger partial charge in [-0.1, -0.05) is 11.6 Å². The smallest absolute Gasteiger partial charge is 0.319 e. The Morgan fingerprint density at radius 2 is 2.04 bits per heavy atom. The Bertz CT molecular complexity index is 586. The number of piperidine rings is 1. The van der Waals surface area contributed by atoms with E-state index in [2.05, 4.69) is 41.6 Å². The zero-order chi connectivity index (χ0) is 18.4. The monoisotopic (exact) mass is 368 g/mol. The fourth-order valence-corrected chi connectivity index (χ4v) is 3.32. The van der Waals surface area contributed by atoms with E-state index in [0.29, 0.717) is 29.6 Å². The van der Waals surface area contributed by atoms with Crippen LogP contribution in [0.1, 0.15) is 19.8 Å². The maximum atomic E-state index is 12.3. The number of rotatable bonds is 6. The van der Waals surface area contributed by atoms with Crippen LogP contribution in [-0.4, -0.2) is 68.8 Å². The minimum atomic E-state index is -0.222. The van der Waals surface area contributed by atoms with Gasteiger partial charge in [-0.25, -0.2) is 4.79 Å². The molecule has 0 spiro atoms. The van der Waals surface area contributed by atoms with Crippen molar-refractivity contribution >= 4 is 23.3 Å². The van der Waals surface area contributed by atoms with E-state index in [1.54, 1.807) is 18.2 Å². The molecule has 1 aliphatic rings. The lowest BCUT2D eigenvalue weighted by Gasteiger charge is -2.45. The minimum absolute atomic E-state index is 0.000316. The van der Waals surface area contributed by atoms with E-state index in [0.717, 1.165) is 25.9 Å². The van der Waals surface area contributed by atoms with Crippen molar-refractivity contribution in [1.82, 2.24) is 15.1 Å². The van der Waals surface area contributed by atoms with Gasteiger partial charge in [0.05, 0.1) is 11.6 Å². The number of nitrogens with zero attached hydrogens (tertiary/aromatic N) is 2. The van der Waals surface area contributed by atoms with Crippen LogP contribution < -0.4 is 15.4 Å². The maximum Gasteiger partial charge on any atom is 0.319 e. The molecule has 1 aromatic carbocycles. The first-order valence-electron chi connectivity index (χ1n) is 8.69. The lowest BCUT2D eigenvalue weighted by atomic mass is 9.86. The Kier molecular flexibility index (Phi) is 6.93. The van der Waals surface area contributed by atoms with Crippen LogP contribution in [0.25, 0.3) is 0 Å². The molecule has 0 atom stereocenters. The number of ether oxygens (including phenoxy) is 1. The highest BCUT2D eigenvalue weighted by Gasteiger charge is 2.35. The van der Waals surface area contributed by atoms with Crippen molar-refractivity contribution in [2.75, 3.05) is 52.7 Å². The first-order valence-corrected chi connectivity index (χ1v) is 9.07. The van der Waals surface area contributed by atoms with Crippen molar-refractivity contribution in [3.05, 3.63) is 23.2 Å². The molecular weight excluding hydrogens is 340 g/mol. The standard InChI is InChI=1S/C18H29ClN4O2/c1-5-25-16-7-6-14(12-15(16)19)21-17(24)20-13-18(22(2)3)8-10-23(4)11-9-18/h6-7,12H,5,8-11,13H2,1-4H3,(H2,20,21,24). The lowest BCUT2D eigenvalue weighted by Crippen LogP contribution is -2.58. The molecule has 25 heavy (non-hydrogen) atoms. The number of nitrogens with one attached hydrogen (secondary N) is 2. The molecule has 1 heterocycles. The van der Waals surface area contributed by atoms with Crippen molar-refractivity contribution in [3.63, 3.8) is 0 Å². The van der Waals surface area contributed by atoms with Gasteiger partial charge in [-0.2, -0.15) is 0 Å². The van der Waals surface area contributed by atoms with Gasteiger partial charge in [-0.3, -0.25) is 0 Å². The molecule has 140 valence electrons. The van der Waals surface area contributed by atoms with E-state index in [1.807, 2.05) is 6.92 Å². The second-order valence-electron chi connectivity index (χ2n) is 6.81. The summed E-state index contributed by atoms with van der Waals surface area (Å²) < 4.78 is 5.40. The second-order valence-corrected chi connectivity index (χ2v) is 7.22. The highest BCUT2D eigenvalue weighted by molar-refractivity contribution is 6.32. The quantitative estimate of drug-likeness (QED) is 0.810. The molecular formula is C18H29ClN4O2. The number of anilines is 1. The Hall–Kier alpha value is -1.50. The van der Waals surface area contributed by atoms with Crippen LogP contribution in [0.3, 0.4) is 0 Å². The van der Waals surface area contributed by atoms with Gasteiger partial charge < -0.3 is 25.2 Å². The zero-order valence-corrected chi connectivity index (χ0v) is 16.3. The normalized spacial score (nSPS) is 17.4. The second kappa shape index (κ2) is 8.74. The summed E-state index contributed by atoms with van der Waals surface area (Å²) in [5, 5.41) is 6.34. The average Bonchev–Trinajstić information content (AvgIpc) is 2.57. The van der Waals surface area contributed by atoms with Gasteiger partial charge in [0.1, 0.15) is 5.75 Å². The predicted octanol–water partition coefficient (Wildman–Crippen LogP) is 2.89. The minimum Gasteiger partial charge on any atom is -0.492 e. The molecule has 0 aromatic heterocycles. The molecule has 2 rings (SSSR count). The fraction of sp³-hybridized carbons (Fsp3) is 0.611. The van der Waals surface area contributed by atoms with E-state index < -0.39 is 0 Å². The summed E-state index contributed by atoms with van der Waals surface area (Å²) in [5.41, 5.74) is 0.647. The summed E-state index contributed by atoms with van der Waals surface area (Å²) in [7, 11) is 6.30. The molecule has 2 N–H and O–H groups in total. The van der Waals surface area contributed by atoms with Gasteiger partial charge in [0.15, 0.2) is 0 Å². The van der Waals surface area contributed by atoms with Crippen LogP contribution in [0.4, 0.5) is 10.5 Å². The highest BCUT2D eigenvalue weighted by atomic mass is 35.5. The van der Waals surface area contributed by atoms with Crippen molar-refractivity contribution in [2.45, 2.75) is 25.3 Å². The van der Waals surface area contributed by atoms with Gasteiger partial charge in [0.25, 0.3) is 0 Å². The number of hydrogen-bond donors (Lipinski definition) is 2. The van der Waals surface area contributed by atoms with E-state index in [9.17, 15) is 4.79 Å². The molecule has 1 fully saturated rings. The SMILES string of the molecule is CCOc1ccc(NC(=O)NCC2(N(C)C)CCN(C)CC2)cc1Cl. The van der Waals surface area contributed by atoms with Crippen molar-refractivity contribution in [3.8, 4) is 5.75 Å². The molecule has 0 saturated carbocycles. The highest BCUT2D eigenvalue weighted by Crippen LogP contribution is 2.28. The molecule has 1 saturated heterocycles. The van der Waals surface area contributed by atoms with Gasteiger partial charge >= 0.3 is 6.03 Å². The van der Waals surface area contributed by atoms with Crippen molar-refractivity contribution in [1.29, 1.82) is 0 Å². The number of carbonyl (C=O) groups excluding carboxylic acids is 1. The van der Waals surface area contributed by atoms with Crippen LogP contribution in [0.15, 0.2) is 18.2 Å². The summed E-state index contributed by atoms with van der Waals surface area (Å²) in [5.74, 6) is 0.619. The number of hydrogen-bond acceptors (Lipinski definition) is 4. The topological polar surface area (TPSA) is 56.8 Å². The predicted molar refractivity (Wildman–Crippen MR) is 103 cm³/mol. The Morgan fingerprint density at radius 1 is 1.36 bits per heavy atom. The van der Waals surface area contributed by atoms with Gasteiger partial charge in [0.2, 0.25) is 0 Å². The third kappa shape index (κ3) is 5.23. The fourth-order valence-electron chi connectivity index (χ4n) is 3.09. The molecule has 0 radical (unpaired) electrons. The van der Waals surface area contributed by atoms with E-state index in [4.69, 9.17) is 16.3 Å². The van der Waals surface area contributed by atoms with Crippen LogP contribution >= 0.6 is 11.6 Å². The third-order valence-corrected chi connectivity index (χ3v) is 5.23. The lowest BCUT2D eigenvalue weighted by molar-refractivity contribution is 0.0684. The number of likely N-dealkylation sites (N-methyl/N-ethyl adjacent to an activating group) is 1. The molecule has 6 nitrogen and oxygen atoms in total. The van der Waals surface area contributed by atoms with E-state index in [-0.39, 0.29) is 11.6 Å². The van der Waals surface area contributed by atoms with Gasteiger partial charge in [-0.05, 0) is 72.2 Å². The average molecular weight is 369 g/mol. The Labute approximate surface area is 155 Å². The number of likely N-dealkylation sites (tertiary alicyclic amines) is 1. The molecule has 1 aromatic rings. The van der Waals surface area contributed by atoms with Crippen LogP contribution in [0.5, 0.6) is 5.75 Å². The maximum absolute atomic E-state index is 12.3. The zero-order valence-electron chi connectivity index (χ0n) is 15.6. The molecule has 0 aliphatic carbocycles. The summed E-state index contributed by atoms with van der Waals surface area (Å²) in [4.78, 5) is 16.8. The van der Waals surface area contributed by atoms with Crippen LogP contribution in [-0.2, 0) is 0 Å². The number of urea groups is 1. The molecule has 7 heteroatoms. The van der Waals surface area contributed by atoms with Crippen LogP contribution in [0.2, 0.25) is 5.02 Å². The number of benzene rings is 1. The number of halogens is 1. The molecule has 1 aliphatic heterocycles. The van der Waals surface area contributed by atoms with Crippen molar-refractivity contribution in [2.24, 2.45) is 0 Å². The summed E-state index contributed by atoms with van der Waals surface area (Å²) in [6.45, 7) is 5.14. The molecule has 2 amide bonds. The first-order chi connectivity index (χ1) is 11.9. The summed E-state index contributed by atoms with van der Waals surface area (Å²) >= 11 is 6.16. The Balaban J connectivity index is 1.92. The van der Waals surface area contributed by atoms with Crippen LogP contribution in [0, 0.1) is 0 Å². The summed E-state index contributed by atoms with van der Waals surface area (Å²) in [6.07, 6.45) is 2.07. The first kappa shape index (κ1) is 19.8. The number of carbonyl (C=O) groups is 1. The third-order valence-electron chi connectivity index (χ3n) is 4.93. The van der Waals surface area contributed by atoms with Gasteiger partial charge in [-0.15, -0.1) is 0 Å². The van der Waals surface area contributed by atoms with E-state index >= 15 is 0 Å². The largest absolute Gasteiger partial charge is 0.492 e.